The van der Waals surface area contributed by atoms with Gasteiger partial charge in [0.25, 0.3) is 0 Å². The quantitative estimate of drug-likeness (QED) is 0.567. The second kappa shape index (κ2) is 10.0. The first-order chi connectivity index (χ1) is 16.7. The van der Waals surface area contributed by atoms with Gasteiger partial charge in [-0.1, -0.05) is 72.8 Å². The number of rotatable bonds is 7. The molecule has 1 N–H and O–H groups in total. The molecule has 3 aromatic rings. The van der Waals surface area contributed by atoms with E-state index >= 15 is 0 Å². The number of amides is 1. The number of piperidine rings is 1. The van der Waals surface area contributed by atoms with Crippen molar-refractivity contribution < 1.29 is 9.53 Å². The molecule has 4 heteroatoms. The Bertz CT molecular complexity index is 1070. The molecular weight excluding hydrogens is 420 g/mol. The Kier molecular flexibility index (Phi) is 6.68. The highest BCUT2D eigenvalue weighted by molar-refractivity contribution is 5.92. The third kappa shape index (κ3) is 4.23. The molecule has 0 bridgehead atoms. The maximum Gasteiger partial charge on any atom is 0.235 e. The first-order valence-corrected chi connectivity index (χ1v) is 12.5. The molecule has 34 heavy (non-hydrogen) atoms. The van der Waals surface area contributed by atoms with Gasteiger partial charge < -0.3 is 15.0 Å². The van der Waals surface area contributed by atoms with E-state index in [1.807, 2.05) is 36.4 Å². The van der Waals surface area contributed by atoms with Crippen molar-refractivity contribution in [2.24, 2.45) is 5.92 Å². The van der Waals surface area contributed by atoms with Crippen molar-refractivity contribution in [2.45, 2.75) is 31.1 Å². The molecule has 176 valence electrons. The van der Waals surface area contributed by atoms with Gasteiger partial charge in [0.2, 0.25) is 5.91 Å². The van der Waals surface area contributed by atoms with Gasteiger partial charge in [-0.25, -0.2) is 0 Å². The Labute approximate surface area is 202 Å². The van der Waals surface area contributed by atoms with Crippen molar-refractivity contribution in [3.63, 3.8) is 0 Å². The molecular formula is C30H34N2O2. The van der Waals surface area contributed by atoms with Crippen LogP contribution in [-0.2, 0) is 23.1 Å². The number of likely N-dealkylation sites (N-methyl/N-ethyl adjacent to an activating group) is 1. The number of nitrogens with zero attached hydrogens (tertiary/aromatic N) is 1. The topological polar surface area (TPSA) is 41.6 Å². The van der Waals surface area contributed by atoms with Crippen LogP contribution in [0.2, 0.25) is 0 Å². The minimum absolute atomic E-state index is 0.0790. The average molecular weight is 455 g/mol. The first kappa shape index (κ1) is 22.7. The molecule has 2 aliphatic heterocycles. The van der Waals surface area contributed by atoms with E-state index in [1.54, 1.807) is 7.05 Å². The largest absolute Gasteiger partial charge is 0.493 e. The van der Waals surface area contributed by atoms with Crippen LogP contribution >= 0.6 is 0 Å². The highest BCUT2D eigenvalue weighted by Crippen LogP contribution is 2.43. The molecule has 1 atom stereocenters. The Morgan fingerprint density at radius 3 is 2.41 bits per heavy atom. The van der Waals surface area contributed by atoms with E-state index in [2.05, 4.69) is 52.7 Å². The molecule has 2 aliphatic rings. The van der Waals surface area contributed by atoms with Gasteiger partial charge >= 0.3 is 0 Å². The number of ether oxygens (including phenoxy) is 1. The SMILES string of the molecule is CNC(=O)C(c1ccccc1)(c1ccccc1)[C@H]1CCCN(CCc2ccc3c(c2)CCO3)C1. The highest BCUT2D eigenvalue weighted by atomic mass is 16.5. The lowest BCUT2D eigenvalue weighted by Gasteiger charge is -2.45. The minimum Gasteiger partial charge on any atom is -0.493 e. The summed E-state index contributed by atoms with van der Waals surface area (Å²) in [6, 6.07) is 27.4. The monoisotopic (exact) mass is 454 g/mol. The summed E-state index contributed by atoms with van der Waals surface area (Å²) in [5, 5.41) is 3.03. The van der Waals surface area contributed by atoms with Crippen LogP contribution in [0.4, 0.5) is 0 Å². The zero-order valence-electron chi connectivity index (χ0n) is 20.0. The van der Waals surface area contributed by atoms with Gasteiger partial charge in [0, 0.05) is 26.6 Å². The summed E-state index contributed by atoms with van der Waals surface area (Å²) in [6.45, 7) is 3.79. The van der Waals surface area contributed by atoms with E-state index in [9.17, 15) is 4.79 Å². The van der Waals surface area contributed by atoms with E-state index in [0.717, 1.165) is 68.8 Å². The molecule has 5 rings (SSSR count). The molecule has 0 radical (unpaired) electrons. The molecule has 0 saturated carbocycles. The molecule has 1 saturated heterocycles. The summed E-state index contributed by atoms with van der Waals surface area (Å²) in [6.07, 6.45) is 4.16. The van der Waals surface area contributed by atoms with E-state index in [1.165, 1.54) is 11.1 Å². The smallest absolute Gasteiger partial charge is 0.235 e. The third-order valence-corrected chi connectivity index (χ3v) is 7.63. The fourth-order valence-corrected chi connectivity index (χ4v) is 5.98. The normalized spacial score (nSPS) is 18.2. The fraction of sp³-hybridized carbons (Fsp3) is 0.367. The predicted molar refractivity (Wildman–Crippen MR) is 136 cm³/mol. The van der Waals surface area contributed by atoms with Crippen LogP contribution in [0.25, 0.3) is 0 Å². The Balaban J connectivity index is 1.43. The molecule has 0 unspecified atom stereocenters. The van der Waals surface area contributed by atoms with Crippen molar-refractivity contribution in [3.8, 4) is 5.75 Å². The van der Waals surface area contributed by atoms with Crippen molar-refractivity contribution in [3.05, 3.63) is 101 Å². The number of carbonyl (C=O) groups is 1. The summed E-state index contributed by atoms with van der Waals surface area (Å²) in [4.78, 5) is 16.3. The maximum absolute atomic E-state index is 13.8. The second-order valence-corrected chi connectivity index (χ2v) is 9.55. The van der Waals surface area contributed by atoms with Gasteiger partial charge in [-0.2, -0.15) is 0 Å². The van der Waals surface area contributed by atoms with Crippen molar-refractivity contribution >= 4 is 5.91 Å². The average Bonchev–Trinajstić information content (AvgIpc) is 3.37. The third-order valence-electron chi connectivity index (χ3n) is 7.63. The van der Waals surface area contributed by atoms with Crippen molar-refractivity contribution in [2.75, 3.05) is 33.3 Å². The van der Waals surface area contributed by atoms with Crippen LogP contribution in [-0.4, -0.2) is 44.1 Å². The van der Waals surface area contributed by atoms with Gasteiger partial charge in [0.15, 0.2) is 0 Å². The second-order valence-electron chi connectivity index (χ2n) is 9.55. The number of hydrogen-bond acceptors (Lipinski definition) is 3. The maximum atomic E-state index is 13.8. The predicted octanol–water partition coefficient (Wildman–Crippen LogP) is 4.61. The number of benzene rings is 3. The molecule has 2 heterocycles. The van der Waals surface area contributed by atoms with Gasteiger partial charge in [-0.3, -0.25) is 4.79 Å². The molecule has 0 spiro atoms. The van der Waals surface area contributed by atoms with Crippen LogP contribution in [0, 0.1) is 5.92 Å². The van der Waals surface area contributed by atoms with Crippen LogP contribution in [0.5, 0.6) is 5.75 Å². The number of fused-ring (bicyclic) bond motifs is 1. The number of carbonyl (C=O) groups excluding carboxylic acids is 1. The standard InChI is InChI=1S/C30H34N2O2/c1-31-29(33)30(25-9-4-2-5-10-25,26-11-6-3-7-12-26)27-13-8-18-32(22-27)19-16-23-14-15-28-24(21-23)17-20-34-28/h2-7,9-12,14-15,21,27H,8,13,16-20,22H2,1H3,(H,31,33)/t27-/m0/s1. The van der Waals surface area contributed by atoms with Gasteiger partial charge in [-0.05, 0) is 60.0 Å². The van der Waals surface area contributed by atoms with Crippen LogP contribution in [0.15, 0.2) is 78.9 Å². The van der Waals surface area contributed by atoms with Crippen LogP contribution in [0.1, 0.15) is 35.1 Å². The van der Waals surface area contributed by atoms with E-state index in [0.29, 0.717) is 0 Å². The number of nitrogens with one attached hydrogen (secondary N) is 1. The van der Waals surface area contributed by atoms with Gasteiger partial charge in [0.1, 0.15) is 11.2 Å². The summed E-state index contributed by atoms with van der Waals surface area (Å²) in [5.74, 6) is 1.32. The Hall–Kier alpha value is -3.11. The van der Waals surface area contributed by atoms with Crippen LogP contribution < -0.4 is 10.1 Å². The zero-order valence-corrected chi connectivity index (χ0v) is 20.0. The summed E-state index contributed by atoms with van der Waals surface area (Å²) < 4.78 is 5.67. The van der Waals surface area contributed by atoms with E-state index in [4.69, 9.17) is 4.74 Å². The molecule has 1 fully saturated rings. The molecule has 1 amide bonds. The zero-order chi connectivity index (χ0) is 23.4. The fourth-order valence-electron chi connectivity index (χ4n) is 5.98. The summed E-state index contributed by atoms with van der Waals surface area (Å²) in [7, 11) is 1.77. The Morgan fingerprint density at radius 2 is 1.74 bits per heavy atom. The lowest BCUT2D eigenvalue weighted by Crippen LogP contribution is -2.54. The highest BCUT2D eigenvalue weighted by Gasteiger charge is 2.49. The number of likely N-dealkylation sites (tertiary alicyclic amines) is 1. The van der Waals surface area contributed by atoms with Gasteiger partial charge in [0.05, 0.1) is 6.61 Å². The summed E-state index contributed by atoms with van der Waals surface area (Å²) in [5.41, 5.74) is 4.15. The first-order valence-electron chi connectivity index (χ1n) is 12.5. The van der Waals surface area contributed by atoms with E-state index < -0.39 is 5.41 Å². The van der Waals surface area contributed by atoms with Crippen LogP contribution in [0.3, 0.4) is 0 Å². The molecule has 3 aromatic carbocycles. The lowest BCUT2D eigenvalue weighted by molar-refractivity contribution is -0.127. The van der Waals surface area contributed by atoms with Crippen molar-refractivity contribution in [1.29, 1.82) is 0 Å². The molecule has 0 aliphatic carbocycles. The van der Waals surface area contributed by atoms with E-state index in [-0.39, 0.29) is 11.8 Å². The van der Waals surface area contributed by atoms with Crippen molar-refractivity contribution in [1.82, 2.24) is 10.2 Å². The van der Waals surface area contributed by atoms with Gasteiger partial charge in [-0.15, -0.1) is 0 Å². The lowest BCUT2D eigenvalue weighted by atomic mass is 9.62. The Morgan fingerprint density at radius 1 is 1.03 bits per heavy atom. The molecule has 0 aromatic heterocycles. The number of hydrogen-bond donors (Lipinski definition) is 1. The summed E-state index contributed by atoms with van der Waals surface area (Å²) >= 11 is 0. The molecule has 4 nitrogen and oxygen atoms in total. The minimum atomic E-state index is -0.707.